The van der Waals surface area contributed by atoms with Crippen LogP contribution in [-0.4, -0.2) is 26.6 Å². The summed E-state index contributed by atoms with van der Waals surface area (Å²) in [6.45, 7) is 2.06. The van der Waals surface area contributed by atoms with Crippen LogP contribution in [0.2, 0.25) is 5.02 Å². The summed E-state index contributed by atoms with van der Waals surface area (Å²) < 4.78 is 45.3. The minimum Gasteiger partial charge on any atom is -0.490 e. The third-order valence-corrected chi connectivity index (χ3v) is 6.41. The highest BCUT2D eigenvalue weighted by Gasteiger charge is 2.22. The number of anilines is 1. The summed E-state index contributed by atoms with van der Waals surface area (Å²) in [6.07, 6.45) is 1.47. The van der Waals surface area contributed by atoms with E-state index in [1.54, 1.807) is 25.1 Å². The second kappa shape index (κ2) is 8.87. The van der Waals surface area contributed by atoms with Crippen molar-refractivity contribution in [3.63, 3.8) is 0 Å². The van der Waals surface area contributed by atoms with E-state index in [9.17, 15) is 8.42 Å². The Morgan fingerprint density at radius 2 is 1.81 bits per heavy atom. The maximum Gasteiger partial charge on any atom is 0.262 e. The smallest absolute Gasteiger partial charge is 0.262 e. The van der Waals surface area contributed by atoms with Crippen LogP contribution >= 0.6 is 11.6 Å². The molecule has 7 nitrogen and oxygen atoms in total. The minimum atomic E-state index is -3.94. The molecule has 0 aliphatic carbocycles. The van der Waals surface area contributed by atoms with Crippen LogP contribution in [0.5, 0.6) is 11.6 Å². The van der Waals surface area contributed by atoms with Crippen molar-refractivity contribution in [3.05, 3.63) is 77.5 Å². The van der Waals surface area contributed by atoms with Gasteiger partial charge in [0.1, 0.15) is 30.2 Å². The third-order valence-electron chi connectivity index (χ3n) is 4.49. The van der Waals surface area contributed by atoms with Crippen molar-refractivity contribution in [2.24, 2.45) is 0 Å². The standard InChI is InChI=1S/C22H19ClN2O5S/c1-15-17(23)8-5-9-21(15)31(26,27)25-19-14-20-18(10-11-29-20)24-22(19)30-13-12-28-16-6-3-2-4-7-16/h2-11,14,25H,12-13H2,1H3. The van der Waals surface area contributed by atoms with Crippen LogP contribution in [0, 0.1) is 6.92 Å². The van der Waals surface area contributed by atoms with Crippen LogP contribution in [0.1, 0.15) is 5.56 Å². The molecule has 0 radical (unpaired) electrons. The fraction of sp³-hybridized carbons (Fsp3) is 0.136. The molecule has 4 aromatic rings. The molecule has 0 saturated heterocycles. The number of hydrogen-bond acceptors (Lipinski definition) is 6. The molecule has 0 atom stereocenters. The summed E-state index contributed by atoms with van der Waals surface area (Å²) in [5.41, 5.74) is 1.57. The van der Waals surface area contributed by atoms with Gasteiger partial charge in [-0.05, 0) is 36.8 Å². The highest BCUT2D eigenvalue weighted by atomic mass is 35.5. The molecule has 0 saturated carbocycles. The lowest BCUT2D eigenvalue weighted by atomic mass is 10.2. The summed E-state index contributed by atoms with van der Waals surface area (Å²) in [7, 11) is -3.94. The first-order valence-corrected chi connectivity index (χ1v) is 11.3. The lowest BCUT2D eigenvalue weighted by Gasteiger charge is -2.14. The van der Waals surface area contributed by atoms with Gasteiger partial charge in [0.05, 0.1) is 11.2 Å². The number of nitrogens with zero attached hydrogens (tertiary/aromatic N) is 1. The summed E-state index contributed by atoms with van der Waals surface area (Å²) in [5, 5.41) is 0.358. The van der Waals surface area contributed by atoms with Gasteiger partial charge in [-0.25, -0.2) is 13.4 Å². The molecule has 4 rings (SSSR count). The van der Waals surface area contributed by atoms with Gasteiger partial charge in [-0.1, -0.05) is 35.9 Å². The van der Waals surface area contributed by atoms with Crippen molar-refractivity contribution in [1.82, 2.24) is 4.98 Å². The van der Waals surface area contributed by atoms with E-state index < -0.39 is 10.0 Å². The highest BCUT2D eigenvalue weighted by Crippen LogP contribution is 2.31. The zero-order chi connectivity index (χ0) is 21.8. The maximum atomic E-state index is 13.0. The molecule has 2 heterocycles. The van der Waals surface area contributed by atoms with Gasteiger partial charge in [-0.2, -0.15) is 0 Å². The third kappa shape index (κ3) is 4.76. The van der Waals surface area contributed by atoms with E-state index in [0.29, 0.717) is 27.4 Å². The number of fused-ring (bicyclic) bond motifs is 1. The Morgan fingerprint density at radius 1 is 1.03 bits per heavy atom. The normalized spacial score (nSPS) is 11.4. The van der Waals surface area contributed by atoms with Crippen molar-refractivity contribution in [2.75, 3.05) is 17.9 Å². The first-order valence-electron chi connectivity index (χ1n) is 9.41. The Kier molecular flexibility index (Phi) is 6.01. The molecule has 31 heavy (non-hydrogen) atoms. The van der Waals surface area contributed by atoms with Crippen LogP contribution in [0.4, 0.5) is 5.69 Å². The summed E-state index contributed by atoms with van der Waals surface area (Å²) in [4.78, 5) is 4.44. The van der Waals surface area contributed by atoms with Crippen molar-refractivity contribution in [3.8, 4) is 11.6 Å². The number of halogens is 1. The molecule has 0 bridgehead atoms. The zero-order valence-corrected chi connectivity index (χ0v) is 18.1. The second-order valence-electron chi connectivity index (χ2n) is 6.62. The number of sulfonamides is 1. The number of rotatable bonds is 8. The molecular formula is C22H19ClN2O5S. The molecule has 0 unspecified atom stereocenters. The monoisotopic (exact) mass is 458 g/mol. The molecule has 0 amide bonds. The zero-order valence-electron chi connectivity index (χ0n) is 16.5. The van der Waals surface area contributed by atoms with E-state index in [-0.39, 0.29) is 29.7 Å². The van der Waals surface area contributed by atoms with Gasteiger partial charge in [0.2, 0.25) is 5.88 Å². The Bertz CT molecular complexity index is 1310. The van der Waals surface area contributed by atoms with Crippen LogP contribution in [-0.2, 0) is 10.0 Å². The Morgan fingerprint density at radius 3 is 2.61 bits per heavy atom. The van der Waals surface area contributed by atoms with Crippen LogP contribution in [0.3, 0.4) is 0 Å². The average molecular weight is 459 g/mol. The largest absolute Gasteiger partial charge is 0.490 e. The van der Waals surface area contributed by atoms with E-state index in [1.807, 2.05) is 30.3 Å². The number of furan rings is 1. The van der Waals surface area contributed by atoms with Gasteiger partial charge in [0, 0.05) is 17.2 Å². The van der Waals surface area contributed by atoms with Gasteiger partial charge in [0.15, 0.2) is 5.58 Å². The number of ether oxygens (including phenoxy) is 2. The highest BCUT2D eigenvalue weighted by molar-refractivity contribution is 7.92. The average Bonchev–Trinajstić information content (AvgIpc) is 3.20. The summed E-state index contributed by atoms with van der Waals surface area (Å²) in [5.74, 6) is 0.829. The number of pyridine rings is 1. The Balaban J connectivity index is 1.57. The molecule has 0 aliphatic heterocycles. The van der Waals surface area contributed by atoms with E-state index in [2.05, 4.69) is 9.71 Å². The Hall–Kier alpha value is -3.23. The topological polar surface area (TPSA) is 90.7 Å². The van der Waals surface area contributed by atoms with Gasteiger partial charge in [-0.15, -0.1) is 0 Å². The first-order chi connectivity index (χ1) is 14.9. The lowest BCUT2D eigenvalue weighted by Crippen LogP contribution is -2.17. The molecule has 9 heteroatoms. The molecule has 160 valence electrons. The predicted molar refractivity (Wildman–Crippen MR) is 118 cm³/mol. The van der Waals surface area contributed by atoms with E-state index >= 15 is 0 Å². The van der Waals surface area contributed by atoms with Crippen molar-refractivity contribution >= 4 is 38.4 Å². The van der Waals surface area contributed by atoms with Crippen molar-refractivity contribution < 1.29 is 22.3 Å². The Labute approximate surface area is 184 Å². The molecule has 2 aromatic heterocycles. The van der Waals surface area contributed by atoms with Crippen molar-refractivity contribution in [2.45, 2.75) is 11.8 Å². The second-order valence-corrected chi connectivity index (χ2v) is 8.68. The number of para-hydroxylation sites is 1. The van der Waals surface area contributed by atoms with E-state index in [0.717, 1.165) is 0 Å². The summed E-state index contributed by atoms with van der Waals surface area (Å²) in [6, 6.07) is 17.2. The molecule has 2 aromatic carbocycles. The maximum absolute atomic E-state index is 13.0. The van der Waals surface area contributed by atoms with E-state index in [1.165, 1.54) is 18.4 Å². The quantitative estimate of drug-likeness (QED) is 0.371. The fourth-order valence-electron chi connectivity index (χ4n) is 2.95. The van der Waals surface area contributed by atoms with Crippen LogP contribution < -0.4 is 14.2 Å². The SMILES string of the molecule is Cc1c(Cl)cccc1S(=O)(=O)Nc1cc2occc2nc1OCCOc1ccccc1. The fourth-order valence-corrected chi connectivity index (χ4v) is 4.50. The van der Waals surface area contributed by atoms with Gasteiger partial charge < -0.3 is 13.9 Å². The number of hydrogen-bond donors (Lipinski definition) is 1. The van der Waals surface area contributed by atoms with Gasteiger partial charge in [0.25, 0.3) is 10.0 Å². The van der Waals surface area contributed by atoms with Gasteiger partial charge in [-0.3, -0.25) is 4.72 Å². The van der Waals surface area contributed by atoms with Crippen molar-refractivity contribution in [1.29, 1.82) is 0 Å². The molecule has 0 aliphatic rings. The number of nitrogens with one attached hydrogen (secondary N) is 1. The first kappa shape index (κ1) is 21.0. The van der Waals surface area contributed by atoms with Crippen LogP contribution in [0.25, 0.3) is 11.1 Å². The molecular weight excluding hydrogens is 440 g/mol. The molecule has 1 N–H and O–H groups in total. The molecule has 0 spiro atoms. The van der Waals surface area contributed by atoms with E-state index in [4.69, 9.17) is 25.5 Å². The number of benzene rings is 2. The lowest BCUT2D eigenvalue weighted by molar-refractivity contribution is 0.213. The minimum absolute atomic E-state index is 0.0675. The predicted octanol–water partition coefficient (Wildman–Crippen LogP) is 5.05. The number of aromatic nitrogens is 1. The van der Waals surface area contributed by atoms with Gasteiger partial charge >= 0.3 is 0 Å². The van der Waals surface area contributed by atoms with Crippen LogP contribution in [0.15, 0.2) is 76.2 Å². The summed E-state index contributed by atoms with van der Waals surface area (Å²) >= 11 is 6.09. The molecule has 0 fully saturated rings.